The van der Waals surface area contributed by atoms with Gasteiger partial charge in [0.25, 0.3) is 0 Å². The highest BCUT2D eigenvalue weighted by atomic mass is 16.5. The molecule has 0 saturated carbocycles. The second-order valence-electron chi connectivity index (χ2n) is 9.49. The number of fused-ring (bicyclic) bond motifs is 2. The molecule has 4 heterocycles. The summed E-state index contributed by atoms with van der Waals surface area (Å²) in [6, 6.07) is 13.1. The van der Waals surface area contributed by atoms with Crippen molar-refractivity contribution in [2.75, 3.05) is 38.4 Å². The number of carbonyl (C=O) groups excluding carboxylic acids is 1. The largest absolute Gasteiger partial charge is 0.497 e. The number of rotatable bonds is 7. The number of hydrogen-bond acceptors (Lipinski definition) is 9. The van der Waals surface area contributed by atoms with Gasteiger partial charge in [0.1, 0.15) is 40.7 Å². The Morgan fingerprint density at radius 2 is 1.97 bits per heavy atom. The average Bonchev–Trinajstić information content (AvgIpc) is 3.55. The van der Waals surface area contributed by atoms with Gasteiger partial charge in [0, 0.05) is 10.9 Å². The minimum Gasteiger partial charge on any atom is -0.497 e. The van der Waals surface area contributed by atoms with Gasteiger partial charge in [-0.1, -0.05) is 6.07 Å². The standard InChI is InChI=1S/C28H29N7O4/c1-37-19-4-6-22-17(11-19)12-20(39-22)14-24(36)33-21-5-3-16(13-23(21)38-2)26-25-27(29)31-15-32-28(25)35(34-26)18-7-9-30-10-8-18/h3-6,11-13,15,18,30H,7-10,14H2,1-2H3,(H,33,36)(H2,29,31,32). The topological polar surface area (TPSA) is 142 Å². The first-order chi connectivity index (χ1) is 19.0. The van der Waals surface area contributed by atoms with Gasteiger partial charge >= 0.3 is 0 Å². The molecule has 2 aromatic carbocycles. The predicted molar refractivity (Wildman–Crippen MR) is 148 cm³/mol. The number of carbonyl (C=O) groups is 1. The summed E-state index contributed by atoms with van der Waals surface area (Å²) >= 11 is 0. The molecule has 1 fully saturated rings. The number of aromatic nitrogens is 4. The summed E-state index contributed by atoms with van der Waals surface area (Å²) in [4.78, 5) is 21.6. The first kappa shape index (κ1) is 24.7. The molecule has 0 atom stereocenters. The molecule has 6 rings (SSSR count). The Balaban J connectivity index is 1.27. The summed E-state index contributed by atoms with van der Waals surface area (Å²) in [6.07, 6.45) is 3.44. The van der Waals surface area contributed by atoms with Gasteiger partial charge in [-0.15, -0.1) is 0 Å². The number of methoxy groups -OCH3 is 2. The van der Waals surface area contributed by atoms with E-state index >= 15 is 0 Å². The van der Waals surface area contributed by atoms with Gasteiger partial charge in [-0.25, -0.2) is 14.6 Å². The molecule has 3 aromatic heterocycles. The maximum Gasteiger partial charge on any atom is 0.232 e. The highest BCUT2D eigenvalue weighted by Crippen LogP contribution is 2.37. The average molecular weight is 528 g/mol. The molecule has 0 unspecified atom stereocenters. The number of nitrogens with zero attached hydrogens (tertiary/aromatic N) is 4. The molecule has 1 aliphatic heterocycles. The molecule has 5 aromatic rings. The van der Waals surface area contributed by atoms with E-state index in [9.17, 15) is 4.79 Å². The number of hydrogen-bond donors (Lipinski definition) is 3. The van der Waals surface area contributed by atoms with Crippen LogP contribution in [-0.2, 0) is 11.2 Å². The second kappa shape index (κ2) is 10.3. The number of anilines is 2. The van der Waals surface area contributed by atoms with Crippen molar-refractivity contribution in [3.63, 3.8) is 0 Å². The Morgan fingerprint density at radius 1 is 1.13 bits per heavy atom. The van der Waals surface area contributed by atoms with E-state index in [4.69, 9.17) is 24.7 Å². The van der Waals surface area contributed by atoms with E-state index in [1.807, 2.05) is 41.1 Å². The minimum absolute atomic E-state index is 0.0705. The van der Waals surface area contributed by atoms with Crippen molar-refractivity contribution in [2.45, 2.75) is 25.3 Å². The van der Waals surface area contributed by atoms with Crippen LogP contribution in [-0.4, -0.2) is 53.0 Å². The Morgan fingerprint density at radius 3 is 2.77 bits per heavy atom. The second-order valence-corrected chi connectivity index (χ2v) is 9.49. The summed E-state index contributed by atoms with van der Waals surface area (Å²) in [6.45, 7) is 1.85. The Labute approximate surface area is 224 Å². The molecule has 200 valence electrons. The van der Waals surface area contributed by atoms with Crippen LogP contribution in [0.5, 0.6) is 11.5 Å². The van der Waals surface area contributed by atoms with Crippen LogP contribution < -0.4 is 25.8 Å². The van der Waals surface area contributed by atoms with E-state index in [1.54, 1.807) is 20.3 Å². The molecule has 1 amide bonds. The third kappa shape index (κ3) is 4.72. The number of furan rings is 1. The van der Waals surface area contributed by atoms with E-state index in [0.29, 0.717) is 45.3 Å². The van der Waals surface area contributed by atoms with Crippen molar-refractivity contribution in [3.05, 3.63) is 54.6 Å². The number of nitrogens with one attached hydrogen (secondary N) is 2. The van der Waals surface area contributed by atoms with Crippen molar-refractivity contribution in [3.8, 4) is 22.8 Å². The van der Waals surface area contributed by atoms with Crippen molar-refractivity contribution >= 4 is 39.4 Å². The maximum absolute atomic E-state index is 12.9. The lowest BCUT2D eigenvalue weighted by molar-refractivity contribution is -0.115. The lowest BCUT2D eigenvalue weighted by Gasteiger charge is -2.23. The predicted octanol–water partition coefficient (Wildman–Crippen LogP) is 3.94. The van der Waals surface area contributed by atoms with Crippen LogP contribution in [0.2, 0.25) is 0 Å². The molecule has 39 heavy (non-hydrogen) atoms. The fourth-order valence-corrected chi connectivity index (χ4v) is 5.09. The van der Waals surface area contributed by atoms with E-state index < -0.39 is 0 Å². The molecule has 4 N–H and O–H groups in total. The molecule has 0 aliphatic carbocycles. The van der Waals surface area contributed by atoms with Crippen molar-refractivity contribution < 1.29 is 18.7 Å². The molecule has 0 bridgehead atoms. The number of piperidine rings is 1. The van der Waals surface area contributed by atoms with Gasteiger partial charge < -0.3 is 30.3 Å². The first-order valence-electron chi connectivity index (χ1n) is 12.8. The van der Waals surface area contributed by atoms with Gasteiger partial charge in [0.15, 0.2) is 5.65 Å². The van der Waals surface area contributed by atoms with Crippen LogP contribution in [0.25, 0.3) is 33.3 Å². The zero-order chi connectivity index (χ0) is 26.9. The first-order valence-corrected chi connectivity index (χ1v) is 12.8. The van der Waals surface area contributed by atoms with E-state index in [0.717, 1.165) is 42.6 Å². The van der Waals surface area contributed by atoms with Crippen molar-refractivity contribution in [2.24, 2.45) is 0 Å². The lowest BCUT2D eigenvalue weighted by atomic mass is 10.1. The molecule has 0 radical (unpaired) electrons. The normalized spacial score (nSPS) is 14.1. The highest BCUT2D eigenvalue weighted by molar-refractivity contribution is 5.99. The zero-order valence-electron chi connectivity index (χ0n) is 21.7. The number of ether oxygens (including phenoxy) is 2. The monoisotopic (exact) mass is 527 g/mol. The molecule has 11 heteroatoms. The van der Waals surface area contributed by atoms with Crippen LogP contribution in [0, 0.1) is 0 Å². The van der Waals surface area contributed by atoms with E-state index in [1.165, 1.54) is 6.33 Å². The maximum atomic E-state index is 12.9. The third-order valence-electron chi connectivity index (χ3n) is 7.03. The fraction of sp³-hybridized carbons (Fsp3) is 0.286. The van der Waals surface area contributed by atoms with Crippen molar-refractivity contribution in [1.82, 2.24) is 25.1 Å². The van der Waals surface area contributed by atoms with Gasteiger partial charge in [-0.2, -0.15) is 5.10 Å². The third-order valence-corrected chi connectivity index (χ3v) is 7.03. The van der Waals surface area contributed by atoms with Crippen LogP contribution in [0.1, 0.15) is 24.6 Å². The summed E-state index contributed by atoms with van der Waals surface area (Å²) < 4.78 is 18.7. The zero-order valence-corrected chi connectivity index (χ0v) is 21.7. The van der Waals surface area contributed by atoms with Crippen molar-refractivity contribution in [1.29, 1.82) is 0 Å². The molecule has 0 spiro atoms. The SMILES string of the molecule is COc1ccc2oc(CC(=O)Nc3ccc(-c4nn(C5CCNCC5)c5ncnc(N)c45)cc3OC)cc2c1. The number of nitrogens with two attached hydrogens (primary N) is 1. The molecular weight excluding hydrogens is 498 g/mol. The summed E-state index contributed by atoms with van der Waals surface area (Å²) in [7, 11) is 3.17. The van der Waals surface area contributed by atoms with Crippen LogP contribution in [0.3, 0.4) is 0 Å². The number of amides is 1. The summed E-state index contributed by atoms with van der Waals surface area (Å²) in [5.74, 6) is 1.91. The van der Waals surface area contributed by atoms with Crippen LogP contribution in [0.4, 0.5) is 11.5 Å². The highest BCUT2D eigenvalue weighted by Gasteiger charge is 2.24. The smallest absolute Gasteiger partial charge is 0.232 e. The van der Waals surface area contributed by atoms with Gasteiger partial charge in [0.2, 0.25) is 5.91 Å². The fourth-order valence-electron chi connectivity index (χ4n) is 5.09. The summed E-state index contributed by atoms with van der Waals surface area (Å²) in [5, 5.41) is 12.8. The lowest BCUT2D eigenvalue weighted by Crippen LogP contribution is -2.30. The quantitative estimate of drug-likeness (QED) is 0.287. The van der Waals surface area contributed by atoms with E-state index in [2.05, 4.69) is 20.6 Å². The Kier molecular flexibility index (Phi) is 6.49. The van der Waals surface area contributed by atoms with E-state index in [-0.39, 0.29) is 18.4 Å². The van der Waals surface area contributed by atoms with Crippen LogP contribution >= 0.6 is 0 Å². The molecule has 11 nitrogen and oxygen atoms in total. The van der Waals surface area contributed by atoms with Gasteiger partial charge in [-0.05, 0) is 62.3 Å². The summed E-state index contributed by atoms with van der Waals surface area (Å²) in [5.41, 5.74) is 9.71. The van der Waals surface area contributed by atoms with Crippen LogP contribution in [0.15, 0.2) is 53.2 Å². The minimum atomic E-state index is -0.231. The molecule has 1 saturated heterocycles. The van der Waals surface area contributed by atoms with Gasteiger partial charge in [0.05, 0.1) is 37.8 Å². The number of benzene rings is 2. The molecule has 1 aliphatic rings. The Bertz CT molecular complexity index is 1670. The number of nitrogen functional groups attached to an aromatic ring is 1. The van der Waals surface area contributed by atoms with Gasteiger partial charge in [-0.3, -0.25) is 4.79 Å². The molecular formula is C28H29N7O4. The Hall–Kier alpha value is -4.64.